The highest BCUT2D eigenvalue weighted by Crippen LogP contribution is 2.31. The van der Waals surface area contributed by atoms with E-state index in [0.717, 1.165) is 18.9 Å². The maximum Gasteiger partial charge on any atom is 0.307 e. The van der Waals surface area contributed by atoms with Crippen molar-refractivity contribution >= 4 is 17.6 Å². The molecule has 1 amide bonds. The molecule has 0 aliphatic heterocycles. The molecule has 2 N–H and O–H groups in total. The van der Waals surface area contributed by atoms with Crippen LogP contribution in [0.4, 0.5) is 10.1 Å². The molecule has 0 saturated heterocycles. The average molecular weight is 290 g/mol. The van der Waals surface area contributed by atoms with Gasteiger partial charge in [0.1, 0.15) is 5.82 Å². The number of carboxylic acids is 1. The summed E-state index contributed by atoms with van der Waals surface area (Å²) in [5, 5.41) is 20.3. The maximum atomic E-state index is 13.7. The topological polar surface area (TPSA) is 90.2 Å². The van der Waals surface area contributed by atoms with Gasteiger partial charge in [-0.15, -0.1) is 0 Å². The molecule has 1 aliphatic rings. The Balaban J connectivity index is 2.13. The molecule has 0 spiro atoms. The van der Waals surface area contributed by atoms with Crippen LogP contribution in [0.5, 0.6) is 0 Å². The van der Waals surface area contributed by atoms with E-state index in [-0.39, 0.29) is 11.3 Å². The lowest BCUT2D eigenvalue weighted by atomic mass is 9.78. The highest BCUT2D eigenvalue weighted by Gasteiger charge is 2.35. The minimum Gasteiger partial charge on any atom is -0.481 e. The minimum absolute atomic E-state index is 0.0336. The van der Waals surface area contributed by atoms with Gasteiger partial charge >= 0.3 is 5.97 Å². The van der Waals surface area contributed by atoms with E-state index < -0.39 is 29.5 Å². The van der Waals surface area contributed by atoms with Crippen LogP contribution in [0.15, 0.2) is 18.2 Å². The standard InChI is InChI=1S/C15H15FN2O3/c16-12-7-9(8-17)5-6-13(12)18-14(19)10-3-1-2-4-11(10)15(20)21/h5-7,10-11H,1-4H2,(H,18,19)(H,20,21). The molecule has 6 heteroatoms. The van der Waals surface area contributed by atoms with Gasteiger partial charge in [0.05, 0.1) is 29.2 Å². The predicted molar refractivity (Wildman–Crippen MR) is 72.8 cm³/mol. The van der Waals surface area contributed by atoms with Crippen molar-refractivity contribution < 1.29 is 19.1 Å². The number of anilines is 1. The SMILES string of the molecule is N#Cc1ccc(NC(=O)C2CCCCC2C(=O)O)c(F)c1. The van der Waals surface area contributed by atoms with Gasteiger partial charge in [0.15, 0.2) is 0 Å². The van der Waals surface area contributed by atoms with Crippen molar-refractivity contribution in [1.29, 1.82) is 5.26 Å². The van der Waals surface area contributed by atoms with Crippen molar-refractivity contribution in [3.8, 4) is 6.07 Å². The number of hydrogen-bond donors (Lipinski definition) is 2. The Hall–Kier alpha value is -2.42. The number of hydrogen-bond acceptors (Lipinski definition) is 3. The summed E-state index contributed by atoms with van der Waals surface area (Å²) in [5.41, 5.74) is 0.125. The molecular weight excluding hydrogens is 275 g/mol. The summed E-state index contributed by atoms with van der Waals surface area (Å²) in [7, 11) is 0. The number of aliphatic carboxylic acids is 1. The monoisotopic (exact) mass is 290 g/mol. The second-order valence-corrected chi connectivity index (χ2v) is 5.13. The number of rotatable bonds is 3. The molecule has 0 aromatic heterocycles. The van der Waals surface area contributed by atoms with Gasteiger partial charge in [0.2, 0.25) is 5.91 Å². The van der Waals surface area contributed by atoms with Crippen LogP contribution >= 0.6 is 0 Å². The quantitative estimate of drug-likeness (QED) is 0.895. The summed E-state index contributed by atoms with van der Waals surface area (Å²) < 4.78 is 13.7. The fourth-order valence-electron chi connectivity index (χ4n) is 2.65. The second kappa shape index (κ2) is 6.35. The van der Waals surface area contributed by atoms with Gasteiger partial charge in [-0.3, -0.25) is 9.59 Å². The van der Waals surface area contributed by atoms with E-state index in [0.29, 0.717) is 12.8 Å². The number of nitrogens with zero attached hydrogens (tertiary/aromatic N) is 1. The summed E-state index contributed by atoms with van der Waals surface area (Å²) in [5.74, 6) is -3.54. The minimum atomic E-state index is -0.991. The number of benzene rings is 1. The van der Waals surface area contributed by atoms with Crippen LogP contribution in [-0.2, 0) is 9.59 Å². The van der Waals surface area contributed by atoms with Gasteiger partial charge in [0, 0.05) is 0 Å². The number of carboxylic acid groups (broad SMARTS) is 1. The lowest BCUT2D eigenvalue weighted by Gasteiger charge is -2.27. The first kappa shape index (κ1) is 15.0. The summed E-state index contributed by atoms with van der Waals surface area (Å²) in [6, 6.07) is 5.54. The molecule has 1 fully saturated rings. The number of nitriles is 1. The van der Waals surface area contributed by atoms with Crippen LogP contribution < -0.4 is 5.32 Å². The zero-order chi connectivity index (χ0) is 15.4. The van der Waals surface area contributed by atoms with Gasteiger partial charge in [-0.2, -0.15) is 5.26 Å². The van der Waals surface area contributed by atoms with Gasteiger partial charge in [0.25, 0.3) is 0 Å². The van der Waals surface area contributed by atoms with E-state index in [1.165, 1.54) is 12.1 Å². The maximum absolute atomic E-state index is 13.7. The summed E-state index contributed by atoms with van der Waals surface area (Å²) in [6.07, 6.45) is 2.52. The number of amides is 1. The lowest BCUT2D eigenvalue weighted by Crippen LogP contribution is -2.36. The van der Waals surface area contributed by atoms with Crippen molar-refractivity contribution in [2.75, 3.05) is 5.32 Å². The molecule has 0 bridgehead atoms. The molecule has 110 valence electrons. The Morgan fingerprint density at radius 1 is 1.29 bits per heavy atom. The number of carbonyl (C=O) groups is 2. The molecule has 2 unspecified atom stereocenters. The first-order valence-corrected chi connectivity index (χ1v) is 6.76. The van der Waals surface area contributed by atoms with Gasteiger partial charge < -0.3 is 10.4 Å². The lowest BCUT2D eigenvalue weighted by molar-refractivity contribution is -0.147. The zero-order valence-electron chi connectivity index (χ0n) is 11.3. The van der Waals surface area contributed by atoms with E-state index >= 15 is 0 Å². The molecule has 0 heterocycles. The molecule has 0 radical (unpaired) electrons. The first-order valence-electron chi connectivity index (χ1n) is 6.76. The summed E-state index contributed by atoms with van der Waals surface area (Å²) >= 11 is 0. The summed E-state index contributed by atoms with van der Waals surface area (Å²) in [6.45, 7) is 0. The van der Waals surface area contributed by atoms with E-state index in [1.807, 2.05) is 0 Å². The number of nitrogens with one attached hydrogen (secondary N) is 1. The smallest absolute Gasteiger partial charge is 0.307 e. The van der Waals surface area contributed by atoms with E-state index in [2.05, 4.69) is 5.32 Å². The Kier molecular flexibility index (Phi) is 4.53. The fourth-order valence-corrected chi connectivity index (χ4v) is 2.65. The Bertz CT molecular complexity index is 609. The normalized spacial score (nSPS) is 21.3. The van der Waals surface area contributed by atoms with Crippen molar-refractivity contribution in [2.45, 2.75) is 25.7 Å². The number of halogens is 1. The molecule has 2 atom stereocenters. The van der Waals surface area contributed by atoms with Crippen molar-refractivity contribution in [2.24, 2.45) is 11.8 Å². The second-order valence-electron chi connectivity index (χ2n) is 5.13. The molecule has 1 aromatic rings. The van der Waals surface area contributed by atoms with E-state index in [1.54, 1.807) is 6.07 Å². The zero-order valence-corrected chi connectivity index (χ0v) is 11.3. The van der Waals surface area contributed by atoms with Crippen LogP contribution in [-0.4, -0.2) is 17.0 Å². The van der Waals surface area contributed by atoms with Crippen LogP contribution in [0.1, 0.15) is 31.2 Å². The third-order valence-corrected chi connectivity index (χ3v) is 3.78. The van der Waals surface area contributed by atoms with Crippen LogP contribution in [0.25, 0.3) is 0 Å². The summed E-state index contributed by atoms with van der Waals surface area (Å²) in [4.78, 5) is 23.4. The highest BCUT2D eigenvalue weighted by atomic mass is 19.1. The number of carbonyl (C=O) groups excluding carboxylic acids is 1. The van der Waals surface area contributed by atoms with Crippen molar-refractivity contribution in [3.05, 3.63) is 29.6 Å². The first-order chi connectivity index (χ1) is 10.0. The Morgan fingerprint density at radius 3 is 2.52 bits per heavy atom. The average Bonchev–Trinajstić information content (AvgIpc) is 2.49. The largest absolute Gasteiger partial charge is 0.481 e. The predicted octanol–water partition coefficient (Wildman–Crippen LogP) is 2.53. The fraction of sp³-hybridized carbons (Fsp3) is 0.400. The molecule has 1 aromatic carbocycles. The Labute approximate surface area is 121 Å². The third kappa shape index (κ3) is 3.37. The van der Waals surface area contributed by atoms with Crippen molar-refractivity contribution in [3.63, 3.8) is 0 Å². The van der Waals surface area contributed by atoms with Gasteiger partial charge in [-0.1, -0.05) is 12.8 Å². The third-order valence-electron chi connectivity index (χ3n) is 3.78. The molecule has 1 aliphatic carbocycles. The van der Waals surface area contributed by atoms with Gasteiger partial charge in [-0.25, -0.2) is 4.39 Å². The molecule has 21 heavy (non-hydrogen) atoms. The van der Waals surface area contributed by atoms with Crippen LogP contribution in [0, 0.1) is 29.0 Å². The molecular formula is C15H15FN2O3. The van der Waals surface area contributed by atoms with Crippen molar-refractivity contribution in [1.82, 2.24) is 0 Å². The van der Waals surface area contributed by atoms with E-state index in [9.17, 15) is 14.0 Å². The van der Waals surface area contributed by atoms with E-state index in [4.69, 9.17) is 10.4 Å². The molecule has 2 rings (SSSR count). The highest BCUT2D eigenvalue weighted by molar-refractivity contribution is 5.95. The van der Waals surface area contributed by atoms with Gasteiger partial charge in [-0.05, 0) is 31.0 Å². The van der Waals surface area contributed by atoms with Crippen LogP contribution in [0.3, 0.4) is 0 Å². The van der Waals surface area contributed by atoms with Crippen LogP contribution in [0.2, 0.25) is 0 Å². The molecule has 1 saturated carbocycles. The molecule has 5 nitrogen and oxygen atoms in total. The Morgan fingerprint density at radius 2 is 1.95 bits per heavy atom.